The van der Waals surface area contributed by atoms with E-state index >= 15 is 0 Å². The molecule has 0 radical (unpaired) electrons. The van der Waals surface area contributed by atoms with Crippen molar-refractivity contribution in [3.8, 4) is 11.5 Å². The van der Waals surface area contributed by atoms with Crippen molar-refractivity contribution in [1.82, 2.24) is 4.90 Å². The summed E-state index contributed by atoms with van der Waals surface area (Å²) in [5, 5.41) is 11.7. The maximum atomic E-state index is 13.4. The summed E-state index contributed by atoms with van der Waals surface area (Å²) in [5.41, 5.74) is 2.56. The number of rotatable bonds is 8. The van der Waals surface area contributed by atoms with Crippen LogP contribution in [0.2, 0.25) is 5.02 Å². The number of methoxy groups -OCH3 is 1. The number of halogens is 1. The fourth-order valence-electron chi connectivity index (χ4n) is 4.45. The fourth-order valence-corrected chi connectivity index (χ4v) is 4.66. The van der Waals surface area contributed by atoms with Gasteiger partial charge >= 0.3 is 0 Å². The first kappa shape index (κ1) is 26.1. The van der Waals surface area contributed by atoms with Gasteiger partial charge in [-0.1, -0.05) is 41.9 Å². The monoisotopic (exact) mass is 520 g/mol. The number of ketones is 1. The van der Waals surface area contributed by atoms with Crippen molar-refractivity contribution in [2.75, 3.05) is 32.7 Å². The third-order valence-electron chi connectivity index (χ3n) is 6.30. The van der Waals surface area contributed by atoms with Crippen molar-refractivity contribution < 1.29 is 24.2 Å². The van der Waals surface area contributed by atoms with Crippen LogP contribution in [0.1, 0.15) is 29.7 Å². The van der Waals surface area contributed by atoms with Gasteiger partial charge in [-0.25, -0.2) is 0 Å². The highest BCUT2D eigenvalue weighted by molar-refractivity contribution is 6.47. The summed E-state index contributed by atoms with van der Waals surface area (Å²) in [7, 11) is 5.41. The van der Waals surface area contributed by atoms with Crippen molar-refractivity contribution >= 4 is 34.7 Å². The fraction of sp³-hybridized carbons (Fsp3) is 0.241. The van der Waals surface area contributed by atoms with E-state index in [1.54, 1.807) is 31.4 Å². The molecule has 0 aliphatic carbocycles. The Labute approximate surface area is 221 Å². The molecule has 192 valence electrons. The van der Waals surface area contributed by atoms with Crippen LogP contribution in [-0.2, 0) is 16.1 Å². The molecule has 1 fully saturated rings. The molecular formula is C29H29ClN2O5. The summed E-state index contributed by atoms with van der Waals surface area (Å²) in [5.74, 6) is -0.769. The smallest absolute Gasteiger partial charge is 0.295 e. The Bertz CT molecular complexity index is 1350. The first-order valence-corrected chi connectivity index (χ1v) is 12.2. The van der Waals surface area contributed by atoms with E-state index in [1.807, 2.05) is 68.4 Å². The molecule has 8 heteroatoms. The number of hydrogen-bond acceptors (Lipinski definition) is 6. The van der Waals surface area contributed by atoms with Crippen LogP contribution in [-0.4, -0.2) is 49.5 Å². The van der Waals surface area contributed by atoms with E-state index in [0.29, 0.717) is 23.7 Å². The summed E-state index contributed by atoms with van der Waals surface area (Å²) < 4.78 is 11.0. The lowest BCUT2D eigenvalue weighted by Gasteiger charge is -2.26. The molecule has 0 aromatic heterocycles. The largest absolute Gasteiger partial charge is 0.507 e. The Morgan fingerprint density at radius 2 is 1.76 bits per heavy atom. The molecule has 1 aliphatic heterocycles. The van der Waals surface area contributed by atoms with Gasteiger partial charge in [0.05, 0.1) is 36.9 Å². The van der Waals surface area contributed by atoms with E-state index in [4.69, 9.17) is 21.1 Å². The van der Waals surface area contributed by atoms with Gasteiger partial charge in [0.2, 0.25) is 0 Å². The molecule has 7 nitrogen and oxygen atoms in total. The summed E-state index contributed by atoms with van der Waals surface area (Å²) in [6.45, 7) is 2.37. The summed E-state index contributed by atoms with van der Waals surface area (Å²) in [4.78, 5) is 30.2. The second-order valence-electron chi connectivity index (χ2n) is 8.80. The quantitative estimate of drug-likeness (QED) is 0.242. The number of anilines is 1. The molecular weight excluding hydrogens is 492 g/mol. The number of carbonyl (C=O) groups excluding carboxylic acids is 2. The number of ether oxygens (including phenoxy) is 2. The van der Waals surface area contributed by atoms with Crippen LogP contribution >= 0.6 is 11.6 Å². The molecule has 0 bridgehead atoms. The van der Waals surface area contributed by atoms with Gasteiger partial charge < -0.3 is 24.4 Å². The molecule has 3 aromatic rings. The maximum absolute atomic E-state index is 13.4. The molecule has 1 atom stereocenters. The number of aliphatic hydroxyl groups is 1. The van der Waals surface area contributed by atoms with Crippen molar-refractivity contribution in [3.05, 3.63) is 94.0 Å². The van der Waals surface area contributed by atoms with Crippen LogP contribution in [0.15, 0.2) is 72.3 Å². The van der Waals surface area contributed by atoms with E-state index in [0.717, 1.165) is 11.3 Å². The number of Topliss-reactive ketones (excluding diaryl/α,β-unsaturated/α-hetero) is 1. The number of nitrogens with zero attached hydrogens (tertiary/aromatic N) is 2. The maximum Gasteiger partial charge on any atom is 0.295 e. The van der Waals surface area contributed by atoms with E-state index in [1.165, 1.54) is 4.90 Å². The highest BCUT2D eigenvalue weighted by Crippen LogP contribution is 2.42. The highest BCUT2D eigenvalue weighted by atomic mass is 35.5. The Hall–Kier alpha value is -3.97. The predicted molar refractivity (Wildman–Crippen MR) is 144 cm³/mol. The zero-order valence-corrected chi connectivity index (χ0v) is 22.0. The Morgan fingerprint density at radius 1 is 1.05 bits per heavy atom. The van der Waals surface area contributed by atoms with Crippen molar-refractivity contribution in [2.45, 2.75) is 19.5 Å². The van der Waals surface area contributed by atoms with E-state index in [9.17, 15) is 14.7 Å². The third kappa shape index (κ3) is 5.13. The normalized spacial score (nSPS) is 16.7. The third-order valence-corrected chi connectivity index (χ3v) is 6.63. The lowest BCUT2D eigenvalue weighted by molar-refractivity contribution is -0.140. The second kappa shape index (κ2) is 11.0. The minimum atomic E-state index is -0.840. The van der Waals surface area contributed by atoms with Crippen LogP contribution < -0.4 is 14.4 Å². The Kier molecular flexibility index (Phi) is 7.74. The van der Waals surface area contributed by atoms with E-state index in [2.05, 4.69) is 0 Å². The number of benzene rings is 3. The first-order valence-electron chi connectivity index (χ1n) is 11.9. The van der Waals surface area contributed by atoms with Gasteiger partial charge in [0.25, 0.3) is 11.7 Å². The molecule has 0 saturated carbocycles. The van der Waals surface area contributed by atoms with Gasteiger partial charge in [0, 0.05) is 30.9 Å². The van der Waals surface area contributed by atoms with Crippen LogP contribution in [0.3, 0.4) is 0 Å². The SMILES string of the molecule is CCOc1ccc(Cl)c(/C(O)=C2\C(=O)C(=O)N(Cc3ccccc3OC)C2c2ccc(N(C)C)cc2)c1. The topological polar surface area (TPSA) is 79.3 Å². The molecule has 1 N–H and O–H groups in total. The van der Waals surface area contributed by atoms with Crippen molar-refractivity contribution in [2.24, 2.45) is 0 Å². The van der Waals surface area contributed by atoms with Crippen LogP contribution in [0, 0.1) is 0 Å². The molecule has 37 heavy (non-hydrogen) atoms. The zero-order valence-electron chi connectivity index (χ0n) is 21.2. The lowest BCUT2D eigenvalue weighted by Crippen LogP contribution is -2.29. The van der Waals surface area contributed by atoms with E-state index in [-0.39, 0.29) is 28.5 Å². The number of likely N-dealkylation sites (tertiary alicyclic amines) is 1. The molecule has 1 amide bonds. The minimum Gasteiger partial charge on any atom is -0.507 e. The van der Waals surface area contributed by atoms with Gasteiger partial charge in [-0.05, 0) is 48.9 Å². The molecule has 1 unspecified atom stereocenters. The van der Waals surface area contributed by atoms with Crippen molar-refractivity contribution in [1.29, 1.82) is 0 Å². The molecule has 4 rings (SSSR count). The Morgan fingerprint density at radius 3 is 2.41 bits per heavy atom. The number of para-hydroxylation sites is 1. The number of hydrogen-bond donors (Lipinski definition) is 1. The minimum absolute atomic E-state index is 0.0342. The van der Waals surface area contributed by atoms with Gasteiger partial charge in [0.15, 0.2) is 0 Å². The number of amides is 1. The van der Waals surface area contributed by atoms with Gasteiger partial charge in [-0.15, -0.1) is 0 Å². The second-order valence-corrected chi connectivity index (χ2v) is 9.21. The standard InChI is InChI=1S/C29H29ClN2O5/c1-5-37-21-14-15-23(30)22(16-21)27(33)25-26(18-10-12-20(13-11-18)31(2)3)32(29(35)28(25)34)17-19-8-6-7-9-24(19)36-4/h6-16,26,33H,5,17H2,1-4H3/b27-25+. The first-order chi connectivity index (χ1) is 17.8. The molecule has 0 spiro atoms. The van der Waals surface area contributed by atoms with Gasteiger partial charge in [-0.2, -0.15) is 0 Å². The van der Waals surface area contributed by atoms with Crippen LogP contribution in [0.25, 0.3) is 5.76 Å². The molecule has 1 saturated heterocycles. The zero-order chi connectivity index (χ0) is 26.7. The van der Waals surface area contributed by atoms with Crippen LogP contribution in [0.4, 0.5) is 5.69 Å². The number of aliphatic hydroxyl groups excluding tert-OH is 1. The van der Waals surface area contributed by atoms with Crippen LogP contribution in [0.5, 0.6) is 11.5 Å². The molecule has 3 aromatic carbocycles. The summed E-state index contributed by atoms with van der Waals surface area (Å²) in [6.07, 6.45) is 0. The lowest BCUT2D eigenvalue weighted by atomic mass is 9.94. The van der Waals surface area contributed by atoms with Gasteiger partial charge in [0.1, 0.15) is 17.3 Å². The summed E-state index contributed by atoms with van der Waals surface area (Å²) >= 11 is 6.43. The molecule has 1 aliphatic rings. The van der Waals surface area contributed by atoms with Gasteiger partial charge in [-0.3, -0.25) is 9.59 Å². The molecule has 1 heterocycles. The number of carbonyl (C=O) groups is 2. The Balaban J connectivity index is 1.89. The van der Waals surface area contributed by atoms with Crippen molar-refractivity contribution in [3.63, 3.8) is 0 Å². The predicted octanol–water partition coefficient (Wildman–Crippen LogP) is 5.44. The highest BCUT2D eigenvalue weighted by Gasteiger charge is 2.46. The average molecular weight is 521 g/mol. The average Bonchev–Trinajstić information content (AvgIpc) is 3.14. The summed E-state index contributed by atoms with van der Waals surface area (Å²) in [6, 6.07) is 18.8. The van der Waals surface area contributed by atoms with E-state index < -0.39 is 17.7 Å².